The number of thioether (sulfide) groups is 1. The van der Waals surface area contributed by atoms with Crippen LogP contribution in [0.1, 0.15) is 11.6 Å². The standard InChI is InChI=1S/C13H12ClFN2S/c14-10-3-6-13(17-7-10)18-8-12(16)9-1-4-11(15)5-2-9/h1-7,12H,8,16H2. The summed E-state index contributed by atoms with van der Waals surface area (Å²) in [5, 5.41) is 1.49. The van der Waals surface area contributed by atoms with Crippen molar-refractivity contribution in [2.45, 2.75) is 11.1 Å². The largest absolute Gasteiger partial charge is 0.323 e. The first-order valence-electron chi connectivity index (χ1n) is 5.40. The molecule has 2 aromatic rings. The summed E-state index contributed by atoms with van der Waals surface area (Å²) in [5.41, 5.74) is 6.94. The van der Waals surface area contributed by atoms with Gasteiger partial charge in [0.1, 0.15) is 5.82 Å². The van der Waals surface area contributed by atoms with Crippen molar-refractivity contribution in [3.05, 3.63) is 59.0 Å². The summed E-state index contributed by atoms with van der Waals surface area (Å²) in [4.78, 5) is 4.17. The highest BCUT2D eigenvalue weighted by atomic mass is 35.5. The second-order valence-electron chi connectivity index (χ2n) is 3.78. The van der Waals surface area contributed by atoms with E-state index in [1.165, 1.54) is 12.1 Å². The van der Waals surface area contributed by atoms with E-state index in [-0.39, 0.29) is 11.9 Å². The predicted molar refractivity (Wildman–Crippen MR) is 73.3 cm³/mol. The van der Waals surface area contributed by atoms with Crippen molar-refractivity contribution in [3.8, 4) is 0 Å². The van der Waals surface area contributed by atoms with Gasteiger partial charge >= 0.3 is 0 Å². The van der Waals surface area contributed by atoms with E-state index in [1.54, 1.807) is 36.2 Å². The maximum atomic E-state index is 12.8. The molecule has 1 aromatic heterocycles. The van der Waals surface area contributed by atoms with E-state index < -0.39 is 0 Å². The van der Waals surface area contributed by atoms with Crippen LogP contribution in [0.2, 0.25) is 5.02 Å². The normalized spacial score (nSPS) is 12.4. The summed E-state index contributed by atoms with van der Waals surface area (Å²) < 4.78 is 12.8. The number of nitrogens with two attached hydrogens (primary N) is 1. The Labute approximate surface area is 114 Å². The molecule has 0 spiro atoms. The number of halogens is 2. The van der Waals surface area contributed by atoms with Gasteiger partial charge in [-0.15, -0.1) is 11.8 Å². The number of hydrogen-bond acceptors (Lipinski definition) is 3. The number of nitrogens with zero attached hydrogens (tertiary/aromatic N) is 1. The molecule has 2 nitrogen and oxygen atoms in total. The molecule has 5 heteroatoms. The average molecular weight is 283 g/mol. The topological polar surface area (TPSA) is 38.9 Å². The van der Waals surface area contributed by atoms with Crippen molar-refractivity contribution < 1.29 is 4.39 Å². The first kappa shape index (κ1) is 13.3. The molecular weight excluding hydrogens is 271 g/mol. The molecule has 18 heavy (non-hydrogen) atoms. The summed E-state index contributed by atoms with van der Waals surface area (Å²) in [7, 11) is 0. The van der Waals surface area contributed by atoms with Gasteiger partial charge in [-0.2, -0.15) is 0 Å². The average Bonchev–Trinajstić information content (AvgIpc) is 2.38. The lowest BCUT2D eigenvalue weighted by molar-refractivity contribution is 0.626. The monoisotopic (exact) mass is 282 g/mol. The van der Waals surface area contributed by atoms with Crippen molar-refractivity contribution in [1.29, 1.82) is 0 Å². The molecule has 0 aliphatic heterocycles. The van der Waals surface area contributed by atoms with Crippen LogP contribution in [0, 0.1) is 5.82 Å². The van der Waals surface area contributed by atoms with Crippen molar-refractivity contribution in [3.63, 3.8) is 0 Å². The van der Waals surface area contributed by atoms with E-state index in [9.17, 15) is 4.39 Å². The third-order valence-corrected chi connectivity index (χ3v) is 3.70. The molecule has 0 saturated carbocycles. The minimum atomic E-state index is -0.252. The van der Waals surface area contributed by atoms with Gasteiger partial charge in [0.25, 0.3) is 0 Å². The Kier molecular flexibility index (Phi) is 4.58. The predicted octanol–water partition coefficient (Wildman–Crippen LogP) is 3.67. The fraction of sp³-hybridized carbons (Fsp3) is 0.154. The fourth-order valence-corrected chi connectivity index (χ4v) is 2.38. The van der Waals surface area contributed by atoms with Crippen LogP contribution in [0.5, 0.6) is 0 Å². The van der Waals surface area contributed by atoms with Gasteiger partial charge in [0.05, 0.1) is 10.0 Å². The van der Waals surface area contributed by atoms with E-state index in [2.05, 4.69) is 4.98 Å². The molecule has 0 fully saturated rings. The summed E-state index contributed by atoms with van der Waals surface area (Å²) in [5.74, 6) is 0.429. The molecule has 2 N–H and O–H groups in total. The molecule has 1 unspecified atom stereocenters. The molecule has 1 heterocycles. The summed E-state index contributed by atoms with van der Waals surface area (Å²) in [6.45, 7) is 0. The number of pyridine rings is 1. The maximum Gasteiger partial charge on any atom is 0.123 e. The Bertz CT molecular complexity index is 501. The minimum absolute atomic E-state index is 0.145. The van der Waals surface area contributed by atoms with Gasteiger partial charge in [-0.25, -0.2) is 9.37 Å². The molecule has 0 aliphatic rings. The van der Waals surface area contributed by atoms with Crippen LogP contribution >= 0.6 is 23.4 Å². The first-order chi connectivity index (χ1) is 8.65. The highest BCUT2D eigenvalue weighted by Gasteiger charge is 2.07. The smallest absolute Gasteiger partial charge is 0.123 e. The van der Waals surface area contributed by atoms with Crippen LogP contribution in [0.25, 0.3) is 0 Å². The Morgan fingerprint density at radius 2 is 1.94 bits per heavy atom. The molecule has 0 aliphatic carbocycles. The van der Waals surface area contributed by atoms with Crippen LogP contribution in [0.3, 0.4) is 0 Å². The van der Waals surface area contributed by atoms with Gasteiger partial charge in [-0.3, -0.25) is 0 Å². The van der Waals surface area contributed by atoms with Gasteiger partial charge in [0.15, 0.2) is 0 Å². The zero-order chi connectivity index (χ0) is 13.0. The first-order valence-corrected chi connectivity index (χ1v) is 6.77. The Balaban J connectivity index is 1.93. The highest BCUT2D eigenvalue weighted by Crippen LogP contribution is 2.22. The lowest BCUT2D eigenvalue weighted by atomic mass is 10.1. The molecule has 2 rings (SSSR count). The minimum Gasteiger partial charge on any atom is -0.323 e. The second-order valence-corrected chi connectivity index (χ2v) is 5.26. The van der Waals surface area contributed by atoms with E-state index in [0.29, 0.717) is 10.8 Å². The Morgan fingerprint density at radius 3 is 2.56 bits per heavy atom. The van der Waals surface area contributed by atoms with Crippen molar-refractivity contribution >= 4 is 23.4 Å². The second kappa shape index (κ2) is 6.18. The Hall–Kier alpha value is -1.10. The lowest BCUT2D eigenvalue weighted by Gasteiger charge is -2.11. The number of aromatic nitrogens is 1. The van der Waals surface area contributed by atoms with Crippen LogP contribution in [0.15, 0.2) is 47.6 Å². The van der Waals surface area contributed by atoms with Crippen molar-refractivity contribution in [2.24, 2.45) is 5.73 Å². The SMILES string of the molecule is NC(CSc1ccc(Cl)cn1)c1ccc(F)cc1. The molecule has 0 radical (unpaired) electrons. The van der Waals surface area contributed by atoms with Gasteiger partial charge in [-0.1, -0.05) is 23.7 Å². The maximum absolute atomic E-state index is 12.8. The van der Waals surface area contributed by atoms with E-state index in [0.717, 1.165) is 10.6 Å². The zero-order valence-corrected chi connectivity index (χ0v) is 11.1. The van der Waals surface area contributed by atoms with Gasteiger partial charge < -0.3 is 5.73 Å². The van der Waals surface area contributed by atoms with Gasteiger partial charge in [-0.05, 0) is 29.8 Å². The molecule has 0 amide bonds. The molecule has 0 saturated heterocycles. The molecule has 1 atom stereocenters. The van der Waals surface area contributed by atoms with Gasteiger partial charge in [0, 0.05) is 18.0 Å². The molecule has 94 valence electrons. The molecular formula is C13H12ClFN2S. The van der Waals surface area contributed by atoms with Crippen LogP contribution in [-0.4, -0.2) is 10.7 Å². The molecule has 1 aromatic carbocycles. The van der Waals surface area contributed by atoms with Crippen LogP contribution < -0.4 is 5.73 Å². The van der Waals surface area contributed by atoms with Crippen LogP contribution in [-0.2, 0) is 0 Å². The summed E-state index contributed by atoms with van der Waals surface area (Å²) in [6, 6.07) is 9.74. The fourth-order valence-electron chi connectivity index (χ4n) is 1.43. The summed E-state index contributed by atoms with van der Waals surface area (Å²) in [6.07, 6.45) is 1.60. The third-order valence-electron chi connectivity index (χ3n) is 2.41. The number of rotatable bonds is 4. The van der Waals surface area contributed by atoms with E-state index in [1.807, 2.05) is 6.07 Å². The van der Waals surface area contributed by atoms with E-state index >= 15 is 0 Å². The lowest BCUT2D eigenvalue weighted by Crippen LogP contribution is -2.12. The van der Waals surface area contributed by atoms with Crippen molar-refractivity contribution in [2.75, 3.05) is 5.75 Å². The van der Waals surface area contributed by atoms with Crippen LogP contribution in [0.4, 0.5) is 4.39 Å². The Morgan fingerprint density at radius 1 is 1.22 bits per heavy atom. The quantitative estimate of drug-likeness (QED) is 0.870. The van der Waals surface area contributed by atoms with E-state index in [4.69, 9.17) is 17.3 Å². The third kappa shape index (κ3) is 3.70. The molecule has 0 bridgehead atoms. The van der Waals surface area contributed by atoms with Crippen molar-refractivity contribution in [1.82, 2.24) is 4.98 Å². The van der Waals surface area contributed by atoms with Gasteiger partial charge in [0.2, 0.25) is 0 Å². The summed E-state index contributed by atoms with van der Waals surface area (Å²) >= 11 is 7.30. The number of benzene rings is 1. The number of hydrogen-bond donors (Lipinski definition) is 1. The zero-order valence-electron chi connectivity index (χ0n) is 9.51. The highest BCUT2D eigenvalue weighted by molar-refractivity contribution is 7.99.